The molecule has 0 radical (unpaired) electrons. The van der Waals surface area contributed by atoms with Crippen LogP contribution in [0.3, 0.4) is 0 Å². The van der Waals surface area contributed by atoms with E-state index in [1.54, 1.807) is 0 Å². The van der Waals surface area contributed by atoms with Gasteiger partial charge in [0.05, 0.1) is 0 Å². The highest BCUT2D eigenvalue weighted by atomic mass is 14.4. The van der Waals surface area contributed by atoms with Crippen LogP contribution in [0.1, 0.15) is 26.7 Å². The highest BCUT2D eigenvalue weighted by Gasteiger charge is 1.84. The predicted octanol–water partition coefficient (Wildman–Crippen LogP) is 2.94. The second-order valence-electron chi connectivity index (χ2n) is 2.16. The minimum atomic E-state index is 0.709. The summed E-state index contributed by atoms with van der Waals surface area (Å²) >= 11 is 0. The van der Waals surface area contributed by atoms with Gasteiger partial charge in [0.15, 0.2) is 0 Å². The lowest BCUT2D eigenvalue weighted by molar-refractivity contribution is 0.990. The van der Waals surface area contributed by atoms with Crippen LogP contribution in [0.5, 0.6) is 0 Å². The van der Waals surface area contributed by atoms with Crippen LogP contribution in [0, 0.1) is 5.41 Å². The molecule has 10 heavy (non-hydrogen) atoms. The third-order valence-electron chi connectivity index (χ3n) is 1.12. The van der Waals surface area contributed by atoms with Crippen molar-refractivity contribution in [1.82, 2.24) is 0 Å². The molecule has 0 heterocycles. The Hall–Kier alpha value is -0.850. The van der Waals surface area contributed by atoms with Gasteiger partial charge in [-0.3, -0.25) is 0 Å². The summed E-state index contributed by atoms with van der Waals surface area (Å²) in [7, 11) is 0. The van der Waals surface area contributed by atoms with Gasteiger partial charge in [0, 0.05) is 5.71 Å². The van der Waals surface area contributed by atoms with E-state index in [1.165, 1.54) is 0 Å². The Kier molecular flexibility index (Phi) is 5.74. The highest BCUT2D eigenvalue weighted by Crippen LogP contribution is 1.91. The minimum absolute atomic E-state index is 0.709. The first-order valence-corrected chi connectivity index (χ1v) is 3.68. The van der Waals surface area contributed by atoms with Gasteiger partial charge >= 0.3 is 0 Å². The predicted molar refractivity (Wildman–Crippen MR) is 46.6 cm³/mol. The number of rotatable bonds is 4. The van der Waals surface area contributed by atoms with Crippen molar-refractivity contribution in [3.63, 3.8) is 0 Å². The monoisotopic (exact) mass is 137 g/mol. The molecule has 0 fully saturated rings. The van der Waals surface area contributed by atoms with E-state index in [-0.39, 0.29) is 0 Å². The fraction of sp³-hybridized carbons (Fsp3) is 0.444. The average Bonchev–Trinajstić information content (AvgIpc) is 1.89. The first-order chi connectivity index (χ1) is 4.81. The van der Waals surface area contributed by atoms with Crippen LogP contribution in [0.25, 0.3) is 0 Å². The maximum atomic E-state index is 7.35. The van der Waals surface area contributed by atoms with Gasteiger partial charge in [-0.15, -0.1) is 0 Å². The molecule has 1 heteroatoms. The van der Waals surface area contributed by atoms with Gasteiger partial charge in [0.1, 0.15) is 0 Å². The molecule has 0 aromatic rings. The van der Waals surface area contributed by atoms with Gasteiger partial charge in [0.2, 0.25) is 0 Å². The number of hydrogen-bond donors (Lipinski definition) is 1. The number of hydrogen-bond acceptors (Lipinski definition) is 1. The van der Waals surface area contributed by atoms with Crippen molar-refractivity contribution in [3.05, 3.63) is 24.3 Å². The standard InChI is InChI=1S/C9H15N/c1-3-5-6-8-9(10)7-4-2/h3,5-6,8,10H,4,7H2,1-2H3. The Bertz CT molecular complexity index is 143. The quantitative estimate of drug-likeness (QED) is 0.455. The molecule has 0 saturated heterocycles. The van der Waals surface area contributed by atoms with Crippen molar-refractivity contribution in [2.24, 2.45) is 0 Å². The van der Waals surface area contributed by atoms with Gasteiger partial charge in [-0.2, -0.15) is 0 Å². The Morgan fingerprint density at radius 2 is 2.10 bits per heavy atom. The first kappa shape index (κ1) is 9.15. The molecule has 0 spiro atoms. The van der Waals surface area contributed by atoms with E-state index < -0.39 is 0 Å². The largest absolute Gasteiger partial charge is 0.305 e. The third kappa shape index (κ3) is 5.29. The second-order valence-corrected chi connectivity index (χ2v) is 2.16. The fourth-order valence-electron chi connectivity index (χ4n) is 0.635. The lowest BCUT2D eigenvalue weighted by Gasteiger charge is -1.89. The lowest BCUT2D eigenvalue weighted by Crippen LogP contribution is -1.87. The van der Waals surface area contributed by atoms with Crippen LogP contribution in [-0.4, -0.2) is 5.71 Å². The average molecular weight is 137 g/mol. The summed E-state index contributed by atoms with van der Waals surface area (Å²) in [4.78, 5) is 0. The van der Waals surface area contributed by atoms with Crippen molar-refractivity contribution in [2.45, 2.75) is 26.7 Å². The maximum Gasteiger partial charge on any atom is 0.0313 e. The Labute approximate surface area is 63.0 Å². The van der Waals surface area contributed by atoms with Crippen LogP contribution in [0.4, 0.5) is 0 Å². The molecule has 0 unspecified atom stereocenters. The van der Waals surface area contributed by atoms with Gasteiger partial charge in [-0.25, -0.2) is 0 Å². The van der Waals surface area contributed by atoms with Crippen molar-refractivity contribution < 1.29 is 0 Å². The number of allylic oxidation sites excluding steroid dienone is 4. The van der Waals surface area contributed by atoms with Gasteiger partial charge < -0.3 is 5.41 Å². The van der Waals surface area contributed by atoms with Crippen molar-refractivity contribution in [1.29, 1.82) is 5.41 Å². The smallest absolute Gasteiger partial charge is 0.0313 e. The molecule has 0 aliphatic rings. The van der Waals surface area contributed by atoms with Gasteiger partial charge in [-0.1, -0.05) is 31.6 Å². The van der Waals surface area contributed by atoms with Gasteiger partial charge in [-0.05, 0) is 19.4 Å². The molecule has 0 aliphatic carbocycles. The topological polar surface area (TPSA) is 23.9 Å². The van der Waals surface area contributed by atoms with Crippen molar-refractivity contribution in [3.8, 4) is 0 Å². The molecule has 0 amide bonds. The van der Waals surface area contributed by atoms with E-state index >= 15 is 0 Å². The summed E-state index contributed by atoms with van der Waals surface area (Å²) in [5.74, 6) is 0. The summed E-state index contributed by atoms with van der Waals surface area (Å²) in [6.07, 6.45) is 9.56. The van der Waals surface area contributed by atoms with Crippen LogP contribution in [0.15, 0.2) is 24.3 Å². The molecule has 56 valence electrons. The third-order valence-corrected chi connectivity index (χ3v) is 1.12. The summed E-state index contributed by atoms with van der Waals surface area (Å²) in [5.41, 5.74) is 0.709. The summed E-state index contributed by atoms with van der Waals surface area (Å²) in [5, 5.41) is 7.35. The SMILES string of the molecule is CC=CC=CC(=N)CCC. The molecule has 0 bridgehead atoms. The minimum Gasteiger partial charge on any atom is -0.305 e. The van der Waals surface area contributed by atoms with E-state index in [0.717, 1.165) is 12.8 Å². The normalized spacial score (nSPS) is 11.4. The molecule has 1 nitrogen and oxygen atoms in total. The molecule has 0 saturated carbocycles. The van der Waals surface area contributed by atoms with E-state index in [2.05, 4.69) is 6.92 Å². The molecule has 1 N–H and O–H groups in total. The van der Waals surface area contributed by atoms with Crippen LogP contribution in [-0.2, 0) is 0 Å². The van der Waals surface area contributed by atoms with Crippen LogP contribution < -0.4 is 0 Å². The molecule has 0 atom stereocenters. The van der Waals surface area contributed by atoms with Gasteiger partial charge in [0.25, 0.3) is 0 Å². The summed E-state index contributed by atoms with van der Waals surface area (Å²) < 4.78 is 0. The summed E-state index contributed by atoms with van der Waals surface area (Å²) in [6.45, 7) is 4.05. The highest BCUT2D eigenvalue weighted by molar-refractivity contribution is 5.92. The van der Waals surface area contributed by atoms with Crippen molar-refractivity contribution >= 4 is 5.71 Å². The Morgan fingerprint density at radius 3 is 2.60 bits per heavy atom. The lowest BCUT2D eigenvalue weighted by atomic mass is 10.2. The number of nitrogens with one attached hydrogen (secondary N) is 1. The zero-order chi connectivity index (χ0) is 7.82. The maximum absolute atomic E-state index is 7.35. The second kappa shape index (κ2) is 6.27. The van der Waals surface area contributed by atoms with E-state index in [4.69, 9.17) is 5.41 Å². The van der Waals surface area contributed by atoms with E-state index in [1.807, 2.05) is 31.2 Å². The van der Waals surface area contributed by atoms with E-state index in [0.29, 0.717) is 5.71 Å². The Balaban J connectivity index is 3.56. The molecular weight excluding hydrogens is 122 g/mol. The first-order valence-electron chi connectivity index (χ1n) is 3.68. The van der Waals surface area contributed by atoms with Crippen molar-refractivity contribution in [2.75, 3.05) is 0 Å². The molecule has 0 aromatic heterocycles. The van der Waals surface area contributed by atoms with Crippen LogP contribution >= 0.6 is 0 Å². The molecule has 0 aliphatic heterocycles. The zero-order valence-corrected chi connectivity index (χ0v) is 6.72. The summed E-state index contributed by atoms with van der Waals surface area (Å²) in [6, 6.07) is 0. The fourth-order valence-corrected chi connectivity index (χ4v) is 0.635. The van der Waals surface area contributed by atoms with Crippen LogP contribution in [0.2, 0.25) is 0 Å². The molecular formula is C9H15N. The molecule has 0 rings (SSSR count). The zero-order valence-electron chi connectivity index (χ0n) is 6.72. The van der Waals surface area contributed by atoms with E-state index in [9.17, 15) is 0 Å². The Morgan fingerprint density at radius 1 is 1.40 bits per heavy atom. The molecule has 0 aromatic carbocycles.